The third-order valence-corrected chi connectivity index (χ3v) is 5.79. The van der Waals surface area contributed by atoms with Crippen molar-refractivity contribution in [1.82, 2.24) is 20.4 Å². The minimum atomic E-state index is -4.53. The SMILES string of the molecule is O=C(NO)c1cnc(N2CC3CC2CN3c2cc(C(F)(F)F)nc3ccccc23)nc1. The summed E-state index contributed by atoms with van der Waals surface area (Å²) in [5.41, 5.74) is 1.59. The molecule has 2 aliphatic heterocycles. The molecule has 2 atom stereocenters. The number of rotatable bonds is 3. The van der Waals surface area contributed by atoms with E-state index in [1.165, 1.54) is 17.9 Å². The molecule has 2 unspecified atom stereocenters. The Kier molecular flexibility index (Phi) is 4.43. The van der Waals surface area contributed by atoms with Gasteiger partial charge in [0.15, 0.2) is 0 Å². The molecule has 1 aromatic carbocycles. The molecule has 8 nitrogen and oxygen atoms in total. The molecule has 2 aromatic heterocycles. The fourth-order valence-corrected chi connectivity index (χ4v) is 4.40. The van der Waals surface area contributed by atoms with Crippen molar-refractivity contribution in [3.8, 4) is 0 Å². The van der Waals surface area contributed by atoms with E-state index in [1.54, 1.807) is 24.3 Å². The molecule has 31 heavy (non-hydrogen) atoms. The molecule has 5 rings (SSSR count). The van der Waals surface area contributed by atoms with Crippen LogP contribution in [0, 0.1) is 0 Å². The van der Waals surface area contributed by atoms with Crippen molar-refractivity contribution in [3.05, 3.63) is 54.0 Å². The summed E-state index contributed by atoms with van der Waals surface area (Å²) in [6.07, 6.45) is -1.12. The van der Waals surface area contributed by atoms with Gasteiger partial charge in [-0.05, 0) is 18.6 Å². The van der Waals surface area contributed by atoms with Gasteiger partial charge in [0.2, 0.25) is 5.95 Å². The van der Waals surface area contributed by atoms with E-state index in [0.717, 1.165) is 12.5 Å². The van der Waals surface area contributed by atoms with Crippen LogP contribution < -0.4 is 15.3 Å². The van der Waals surface area contributed by atoms with Crippen LogP contribution >= 0.6 is 0 Å². The number of carbonyl (C=O) groups excluding carboxylic acids is 1. The number of carbonyl (C=O) groups is 1. The van der Waals surface area contributed by atoms with Gasteiger partial charge in [0, 0.05) is 42.6 Å². The van der Waals surface area contributed by atoms with Crippen LogP contribution in [0.1, 0.15) is 22.5 Å². The summed E-state index contributed by atoms with van der Waals surface area (Å²) < 4.78 is 40.3. The first kappa shape index (κ1) is 19.5. The smallest absolute Gasteiger partial charge is 0.364 e. The molecule has 1 amide bonds. The van der Waals surface area contributed by atoms with Crippen LogP contribution in [0.3, 0.4) is 0 Å². The number of pyridine rings is 1. The molecule has 2 bridgehead atoms. The first-order chi connectivity index (χ1) is 14.8. The van der Waals surface area contributed by atoms with Gasteiger partial charge in [0.05, 0.1) is 17.1 Å². The van der Waals surface area contributed by atoms with E-state index in [2.05, 4.69) is 15.0 Å². The average Bonchev–Trinajstić information content (AvgIpc) is 3.38. The van der Waals surface area contributed by atoms with Crippen LogP contribution in [-0.4, -0.2) is 51.2 Å². The lowest BCUT2D eigenvalue weighted by molar-refractivity contribution is -0.140. The van der Waals surface area contributed by atoms with Gasteiger partial charge in [-0.2, -0.15) is 13.2 Å². The fraction of sp³-hybridized carbons (Fsp3) is 0.300. The number of aromatic nitrogens is 3. The summed E-state index contributed by atoms with van der Waals surface area (Å²) in [4.78, 5) is 27.7. The van der Waals surface area contributed by atoms with Gasteiger partial charge in [-0.3, -0.25) is 10.0 Å². The lowest BCUT2D eigenvalue weighted by atomic mass is 10.1. The molecular formula is C20H17F3N6O2. The predicted molar refractivity (Wildman–Crippen MR) is 105 cm³/mol. The maximum absolute atomic E-state index is 13.4. The highest BCUT2D eigenvalue weighted by Gasteiger charge is 2.45. The van der Waals surface area contributed by atoms with Gasteiger partial charge in [-0.25, -0.2) is 20.4 Å². The second-order valence-electron chi connectivity index (χ2n) is 7.60. The van der Waals surface area contributed by atoms with Crippen molar-refractivity contribution in [1.29, 1.82) is 0 Å². The fourth-order valence-electron chi connectivity index (χ4n) is 4.40. The average molecular weight is 430 g/mol. The van der Waals surface area contributed by atoms with E-state index in [0.29, 0.717) is 35.6 Å². The zero-order valence-corrected chi connectivity index (χ0v) is 16.0. The first-order valence-electron chi connectivity index (χ1n) is 9.62. The molecule has 0 spiro atoms. The number of para-hydroxylation sites is 1. The van der Waals surface area contributed by atoms with Gasteiger partial charge < -0.3 is 9.80 Å². The normalized spacial score (nSPS) is 20.5. The molecule has 4 heterocycles. The molecule has 0 aliphatic carbocycles. The second-order valence-corrected chi connectivity index (χ2v) is 7.60. The van der Waals surface area contributed by atoms with E-state index in [4.69, 9.17) is 5.21 Å². The molecule has 2 fully saturated rings. The van der Waals surface area contributed by atoms with Crippen molar-refractivity contribution in [3.63, 3.8) is 0 Å². The predicted octanol–water partition coefficient (Wildman–Crippen LogP) is 2.63. The molecule has 3 aromatic rings. The molecule has 0 radical (unpaired) electrons. The Bertz CT molecular complexity index is 1150. The number of nitrogens with one attached hydrogen (secondary N) is 1. The van der Waals surface area contributed by atoms with E-state index in [1.807, 2.05) is 9.80 Å². The monoisotopic (exact) mass is 430 g/mol. The van der Waals surface area contributed by atoms with Gasteiger partial charge >= 0.3 is 6.18 Å². The second kappa shape index (κ2) is 7.05. The number of hydroxylamine groups is 1. The summed E-state index contributed by atoms with van der Waals surface area (Å²) in [6.45, 7) is 1.08. The van der Waals surface area contributed by atoms with E-state index in [-0.39, 0.29) is 17.6 Å². The standard InChI is InChI=1S/C20H17F3N6O2/c21-20(22,23)17-6-16(14-3-1-2-4-15(14)26-17)28-9-13-5-12(28)10-29(13)19-24-7-11(8-25-19)18(30)27-31/h1-4,6-8,12-13,31H,5,9-10H2,(H,27,30). The van der Waals surface area contributed by atoms with Gasteiger partial charge in [0.1, 0.15) is 5.69 Å². The lowest BCUT2D eigenvalue weighted by Gasteiger charge is -2.36. The highest BCUT2D eigenvalue weighted by atomic mass is 19.4. The Morgan fingerprint density at radius 3 is 2.42 bits per heavy atom. The summed E-state index contributed by atoms with van der Waals surface area (Å²) >= 11 is 0. The summed E-state index contributed by atoms with van der Waals surface area (Å²) in [6, 6.07) is 8.01. The quantitative estimate of drug-likeness (QED) is 0.487. The Balaban J connectivity index is 1.43. The maximum atomic E-state index is 13.4. The van der Waals surface area contributed by atoms with Crippen LogP contribution in [0.15, 0.2) is 42.7 Å². The Labute approximate surface area is 174 Å². The molecule has 2 N–H and O–H groups in total. The summed E-state index contributed by atoms with van der Waals surface area (Å²) in [5, 5.41) is 9.38. The summed E-state index contributed by atoms with van der Waals surface area (Å²) in [5.74, 6) is -0.261. The van der Waals surface area contributed by atoms with E-state index < -0.39 is 17.8 Å². The van der Waals surface area contributed by atoms with Crippen LogP contribution in [0.25, 0.3) is 10.9 Å². The van der Waals surface area contributed by atoms with Crippen LogP contribution in [0.5, 0.6) is 0 Å². The number of piperazine rings is 1. The number of hydrogen-bond acceptors (Lipinski definition) is 7. The van der Waals surface area contributed by atoms with Gasteiger partial charge in [-0.15, -0.1) is 0 Å². The van der Waals surface area contributed by atoms with Crippen molar-refractivity contribution in [2.75, 3.05) is 22.9 Å². The van der Waals surface area contributed by atoms with Gasteiger partial charge in [0.25, 0.3) is 5.91 Å². The lowest BCUT2D eigenvalue weighted by Crippen LogP contribution is -2.47. The topological polar surface area (TPSA) is 94.5 Å². The molecule has 2 saturated heterocycles. The summed E-state index contributed by atoms with van der Waals surface area (Å²) in [7, 11) is 0. The number of hydrogen-bond donors (Lipinski definition) is 2. The Hall–Kier alpha value is -3.47. The van der Waals surface area contributed by atoms with Gasteiger partial charge in [-0.1, -0.05) is 18.2 Å². The zero-order chi connectivity index (χ0) is 21.8. The molecule has 11 heteroatoms. The largest absolute Gasteiger partial charge is 0.433 e. The highest BCUT2D eigenvalue weighted by Crippen LogP contribution is 2.41. The van der Waals surface area contributed by atoms with Crippen LogP contribution in [0.4, 0.5) is 24.8 Å². The number of amides is 1. The Morgan fingerprint density at radius 2 is 1.77 bits per heavy atom. The first-order valence-corrected chi connectivity index (χ1v) is 9.62. The number of benzene rings is 1. The number of anilines is 2. The van der Waals surface area contributed by atoms with Crippen molar-refractivity contribution < 1.29 is 23.2 Å². The maximum Gasteiger partial charge on any atom is 0.433 e. The minimum absolute atomic E-state index is 0.000840. The highest BCUT2D eigenvalue weighted by molar-refractivity contribution is 5.93. The van der Waals surface area contributed by atoms with E-state index >= 15 is 0 Å². The van der Waals surface area contributed by atoms with Crippen molar-refractivity contribution >= 4 is 28.4 Å². The van der Waals surface area contributed by atoms with E-state index in [9.17, 15) is 18.0 Å². The molecule has 160 valence electrons. The number of alkyl halides is 3. The zero-order valence-electron chi connectivity index (χ0n) is 16.0. The van der Waals surface area contributed by atoms with Crippen LogP contribution in [-0.2, 0) is 6.18 Å². The third-order valence-electron chi connectivity index (χ3n) is 5.79. The molecule has 2 aliphatic rings. The molecule has 0 saturated carbocycles. The van der Waals surface area contributed by atoms with Crippen LogP contribution in [0.2, 0.25) is 0 Å². The minimum Gasteiger partial charge on any atom is -0.364 e. The van der Waals surface area contributed by atoms with Crippen molar-refractivity contribution in [2.24, 2.45) is 0 Å². The Morgan fingerprint density at radius 1 is 1.10 bits per heavy atom. The number of fused-ring (bicyclic) bond motifs is 3. The molecular weight excluding hydrogens is 413 g/mol. The number of nitrogens with zero attached hydrogens (tertiary/aromatic N) is 5. The number of halogens is 3. The van der Waals surface area contributed by atoms with Crippen molar-refractivity contribution in [2.45, 2.75) is 24.7 Å². The third kappa shape index (κ3) is 3.30.